The molecule has 0 saturated carbocycles. The second kappa shape index (κ2) is 5.29. The predicted octanol–water partition coefficient (Wildman–Crippen LogP) is 2.03. The third-order valence-electron chi connectivity index (χ3n) is 2.84. The molecule has 0 spiro atoms. The molecule has 0 N–H and O–H groups in total. The van der Waals surface area contributed by atoms with Crippen LogP contribution in [-0.2, 0) is 12.9 Å². The minimum Gasteiger partial charge on any atom is -0.476 e. The number of aromatic nitrogens is 1. The minimum absolute atomic E-state index is 0.293. The molecule has 1 aromatic heterocycles. The molecule has 1 atom stereocenters. The molecule has 86 valence electrons. The number of pyridine rings is 1. The summed E-state index contributed by atoms with van der Waals surface area (Å²) in [6.45, 7) is 7.13. The molecule has 2 heterocycles. The van der Waals surface area contributed by atoms with E-state index in [4.69, 9.17) is 7.58 Å². The number of hydrogen-bond donors (Lipinski definition) is 0. The zero-order chi connectivity index (χ0) is 11.5. The molecule has 1 aliphatic rings. The Morgan fingerprint density at radius 1 is 1.50 bits per heavy atom. The van der Waals surface area contributed by atoms with Gasteiger partial charge in [0.05, 0.1) is 6.10 Å². The average Bonchev–Trinajstić information content (AvgIpc) is 2.66. The van der Waals surface area contributed by atoms with Gasteiger partial charge in [-0.3, -0.25) is 4.98 Å². The molecule has 3 nitrogen and oxygen atoms in total. The lowest BCUT2D eigenvalue weighted by molar-refractivity contribution is 0.177. The van der Waals surface area contributed by atoms with Crippen molar-refractivity contribution in [3.63, 3.8) is 0 Å². The van der Waals surface area contributed by atoms with Gasteiger partial charge in [-0.1, -0.05) is 19.9 Å². The maximum Gasteiger partial charge on any atom is 0.681 e. The summed E-state index contributed by atoms with van der Waals surface area (Å²) in [6.07, 6.45) is 0.293. The van der Waals surface area contributed by atoms with Crippen LogP contribution in [0.2, 0.25) is 0 Å². The summed E-state index contributed by atoms with van der Waals surface area (Å²) in [5.74, 6) is 0.544. The Kier molecular flexibility index (Phi) is 3.99. The molecule has 1 fully saturated rings. The molecule has 4 heteroatoms. The SMILES string of the molecule is Cc1cccc([CH2][Al]2[O]CC(C(C)C)[O]2)n1. The van der Waals surface area contributed by atoms with Crippen LogP contribution in [0.25, 0.3) is 0 Å². The Labute approximate surface area is 102 Å². The van der Waals surface area contributed by atoms with Crippen LogP contribution in [0, 0.1) is 12.8 Å². The summed E-state index contributed by atoms with van der Waals surface area (Å²) in [5, 5.41) is 0.880. The molecular formula is C12H18AlNO2. The van der Waals surface area contributed by atoms with Crippen LogP contribution in [0.5, 0.6) is 0 Å². The van der Waals surface area contributed by atoms with Crippen molar-refractivity contribution in [1.82, 2.24) is 4.98 Å². The van der Waals surface area contributed by atoms with Gasteiger partial charge in [-0.2, -0.15) is 0 Å². The molecule has 1 unspecified atom stereocenters. The number of hydrogen-bond acceptors (Lipinski definition) is 3. The fraction of sp³-hybridized carbons (Fsp3) is 0.583. The van der Waals surface area contributed by atoms with Gasteiger partial charge in [-0.15, -0.1) is 0 Å². The van der Waals surface area contributed by atoms with Crippen molar-refractivity contribution in [2.24, 2.45) is 5.92 Å². The van der Waals surface area contributed by atoms with Gasteiger partial charge < -0.3 is 7.58 Å². The molecule has 2 rings (SSSR count). The van der Waals surface area contributed by atoms with Crippen LogP contribution in [-0.4, -0.2) is 32.5 Å². The first kappa shape index (κ1) is 12.1. The van der Waals surface area contributed by atoms with Gasteiger partial charge in [-0.25, -0.2) is 0 Å². The van der Waals surface area contributed by atoms with Crippen LogP contribution in [0.4, 0.5) is 0 Å². The third-order valence-corrected chi connectivity index (χ3v) is 4.81. The Morgan fingerprint density at radius 3 is 2.94 bits per heavy atom. The average molecular weight is 235 g/mol. The molecular weight excluding hydrogens is 217 g/mol. The summed E-state index contributed by atoms with van der Waals surface area (Å²) < 4.78 is 11.7. The van der Waals surface area contributed by atoms with Gasteiger partial charge >= 0.3 is 14.8 Å². The van der Waals surface area contributed by atoms with E-state index in [0.717, 1.165) is 23.3 Å². The van der Waals surface area contributed by atoms with Crippen LogP contribution in [0.1, 0.15) is 25.2 Å². The monoisotopic (exact) mass is 235 g/mol. The highest BCUT2D eigenvalue weighted by Crippen LogP contribution is 2.18. The van der Waals surface area contributed by atoms with Crippen LogP contribution in [0.15, 0.2) is 18.2 Å². The normalized spacial score (nSPS) is 20.8. The lowest BCUT2D eigenvalue weighted by Crippen LogP contribution is -2.23. The Hall–Kier alpha value is -0.398. The van der Waals surface area contributed by atoms with E-state index in [1.165, 1.54) is 0 Å². The predicted molar refractivity (Wildman–Crippen MR) is 64.1 cm³/mol. The lowest BCUT2D eigenvalue weighted by Gasteiger charge is -2.13. The van der Waals surface area contributed by atoms with Crippen molar-refractivity contribution in [3.05, 3.63) is 29.6 Å². The number of nitrogens with zero attached hydrogens (tertiary/aromatic N) is 1. The third kappa shape index (κ3) is 3.05. The highest BCUT2D eigenvalue weighted by molar-refractivity contribution is 6.44. The first-order valence-electron chi connectivity index (χ1n) is 5.85. The molecule has 0 radical (unpaired) electrons. The second-order valence-electron chi connectivity index (χ2n) is 4.66. The van der Waals surface area contributed by atoms with Crippen LogP contribution >= 0.6 is 0 Å². The molecule has 0 bridgehead atoms. The maximum atomic E-state index is 5.94. The van der Waals surface area contributed by atoms with Gasteiger partial charge in [0.1, 0.15) is 0 Å². The first-order valence-corrected chi connectivity index (χ1v) is 7.60. The van der Waals surface area contributed by atoms with E-state index in [9.17, 15) is 0 Å². The quantitative estimate of drug-likeness (QED) is 0.751. The van der Waals surface area contributed by atoms with E-state index in [-0.39, 0.29) is 0 Å². The molecule has 0 amide bonds. The largest absolute Gasteiger partial charge is 0.681 e. The summed E-state index contributed by atoms with van der Waals surface area (Å²) in [6, 6.07) is 6.11. The first-order chi connectivity index (χ1) is 7.65. The van der Waals surface area contributed by atoms with E-state index in [1.807, 2.05) is 19.1 Å². The zero-order valence-corrected chi connectivity index (χ0v) is 11.3. The van der Waals surface area contributed by atoms with Gasteiger partial charge in [0.15, 0.2) is 0 Å². The zero-order valence-electron chi connectivity index (χ0n) is 10.1. The summed E-state index contributed by atoms with van der Waals surface area (Å²) >= 11 is -1.50. The van der Waals surface area contributed by atoms with Crippen molar-refractivity contribution in [3.8, 4) is 0 Å². The Morgan fingerprint density at radius 2 is 2.31 bits per heavy atom. The van der Waals surface area contributed by atoms with E-state index >= 15 is 0 Å². The van der Waals surface area contributed by atoms with Crippen LogP contribution < -0.4 is 0 Å². The van der Waals surface area contributed by atoms with E-state index in [0.29, 0.717) is 12.0 Å². The van der Waals surface area contributed by atoms with Gasteiger partial charge in [0.2, 0.25) is 0 Å². The smallest absolute Gasteiger partial charge is 0.476 e. The van der Waals surface area contributed by atoms with E-state index < -0.39 is 14.8 Å². The highest BCUT2D eigenvalue weighted by Gasteiger charge is 2.37. The lowest BCUT2D eigenvalue weighted by atomic mass is 10.1. The molecule has 0 aromatic carbocycles. The second-order valence-corrected chi connectivity index (χ2v) is 6.53. The van der Waals surface area contributed by atoms with Gasteiger partial charge in [-0.05, 0) is 25.0 Å². The van der Waals surface area contributed by atoms with Crippen molar-refractivity contribution in [2.75, 3.05) is 6.61 Å². The molecule has 1 saturated heterocycles. The molecule has 16 heavy (non-hydrogen) atoms. The summed E-state index contributed by atoms with van der Waals surface area (Å²) in [7, 11) is 0. The van der Waals surface area contributed by atoms with E-state index in [1.54, 1.807) is 0 Å². The maximum absolute atomic E-state index is 5.94. The van der Waals surface area contributed by atoms with Crippen molar-refractivity contribution in [1.29, 1.82) is 0 Å². The van der Waals surface area contributed by atoms with Crippen molar-refractivity contribution >= 4 is 14.8 Å². The van der Waals surface area contributed by atoms with Crippen molar-refractivity contribution in [2.45, 2.75) is 32.2 Å². The topological polar surface area (TPSA) is 31.4 Å². The minimum atomic E-state index is -1.50. The Balaban J connectivity index is 1.92. The fourth-order valence-corrected chi connectivity index (χ4v) is 3.86. The van der Waals surface area contributed by atoms with Crippen LogP contribution in [0.3, 0.4) is 0 Å². The van der Waals surface area contributed by atoms with Crippen molar-refractivity contribution < 1.29 is 7.58 Å². The molecule has 1 aliphatic heterocycles. The number of aryl methyl sites for hydroxylation is 1. The van der Waals surface area contributed by atoms with Gasteiger partial charge in [0.25, 0.3) is 0 Å². The molecule has 0 aliphatic carbocycles. The summed E-state index contributed by atoms with van der Waals surface area (Å²) in [4.78, 5) is 4.48. The molecule has 1 aromatic rings. The van der Waals surface area contributed by atoms with E-state index in [2.05, 4.69) is 24.9 Å². The Bertz CT molecular complexity index is 357. The fourth-order valence-electron chi connectivity index (χ4n) is 1.82. The standard InChI is InChI=1S/C7H8N.C5H10O2.Al/c1-6-4-3-5-7(2)8-6;1-4(2)5(7)3-6;/h3-5H,1H2,2H3;4-5H,3H2,1-2H3;/q;-2;+2. The summed E-state index contributed by atoms with van der Waals surface area (Å²) in [5.41, 5.74) is 2.16. The highest BCUT2D eigenvalue weighted by atomic mass is 27.2. The number of rotatable bonds is 3. The van der Waals surface area contributed by atoms with Gasteiger partial charge in [0, 0.05) is 23.3 Å².